The van der Waals surface area contributed by atoms with Gasteiger partial charge >= 0.3 is 5.97 Å². The SMILES string of the molecule is CCOC(=O)c1nsc(C)n1. The van der Waals surface area contributed by atoms with Gasteiger partial charge in [-0.1, -0.05) is 0 Å². The molecule has 0 aromatic carbocycles. The van der Waals surface area contributed by atoms with Crippen molar-refractivity contribution in [3.05, 3.63) is 10.8 Å². The number of aryl methyl sites for hydroxylation is 1. The van der Waals surface area contributed by atoms with Crippen molar-refractivity contribution in [2.75, 3.05) is 6.61 Å². The van der Waals surface area contributed by atoms with E-state index in [2.05, 4.69) is 14.1 Å². The fraction of sp³-hybridized carbons (Fsp3) is 0.500. The number of carbonyl (C=O) groups is 1. The van der Waals surface area contributed by atoms with Crippen molar-refractivity contribution in [1.82, 2.24) is 9.36 Å². The van der Waals surface area contributed by atoms with E-state index in [1.165, 1.54) is 11.5 Å². The quantitative estimate of drug-likeness (QED) is 0.625. The first-order valence-corrected chi connectivity index (χ1v) is 3.98. The fourth-order valence-corrected chi connectivity index (χ4v) is 1.04. The van der Waals surface area contributed by atoms with Crippen LogP contribution in [0.25, 0.3) is 0 Å². The average molecular weight is 172 g/mol. The van der Waals surface area contributed by atoms with Gasteiger partial charge in [0.05, 0.1) is 6.61 Å². The Bertz CT molecular complexity index is 259. The molecule has 1 rings (SSSR count). The monoisotopic (exact) mass is 172 g/mol. The summed E-state index contributed by atoms with van der Waals surface area (Å²) in [5.74, 6) is -0.286. The molecular formula is C6H8N2O2S. The first kappa shape index (κ1) is 8.13. The lowest BCUT2D eigenvalue weighted by atomic mass is 10.6. The number of ether oxygens (including phenoxy) is 1. The topological polar surface area (TPSA) is 52.1 Å². The Morgan fingerprint density at radius 3 is 2.91 bits per heavy atom. The van der Waals surface area contributed by atoms with Gasteiger partial charge in [-0.2, -0.15) is 4.37 Å². The van der Waals surface area contributed by atoms with Gasteiger partial charge in [-0.05, 0) is 25.4 Å². The molecule has 0 aliphatic heterocycles. The molecule has 11 heavy (non-hydrogen) atoms. The molecule has 0 spiro atoms. The number of hydrogen-bond acceptors (Lipinski definition) is 5. The van der Waals surface area contributed by atoms with Crippen LogP contribution in [-0.2, 0) is 4.74 Å². The van der Waals surface area contributed by atoms with Crippen molar-refractivity contribution < 1.29 is 9.53 Å². The largest absolute Gasteiger partial charge is 0.460 e. The lowest BCUT2D eigenvalue weighted by Gasteiger charge is -1.93. The van der Waals surface area contributed by atoms with Crippen LogP contribution in [0.5, 0.6) is 0 Å². The molecule has 60 valence electrons. The molecule has 0 aliphatic rings. The summed E-state index contributed by atoms with van der Waals surface area (Å²) in [5, 5.41) is 0.771. The van der Waals surface area contributed by atoms with Crippen LogP contribution in [0, 0.1) is 6.92 Å². The first-order valence-electron chi connectivity index (χ1n) is 3.21. The Hall–Kier alpha value is -0.970. The molecule has 0 saturated carbocycles. The summed E-state index contributed by atoms with van der Waals surface area (Å²) in [6.07, 6.45) is 0. The van der Waals surface area contributed by atoms with Crippen molar-refractivity contribution in [3.8, 4) is 0 Å². The summed E-state index contributed by atoms with van der Waals surface area (Å²) in [5.41, 5.74) is 0. The molecular weight excluding hydrogens is 164 g/mol. The Morgan fingerprint density at radius 1 is 1.73 bits per heavy atom. The lowest BCUT2D eigenvalue weighted by Crippen LogP contribution is -2.06. The van der Waals surface area contributed by atoms with Gasteiger partial charge in [-0.25, -0.2) is 9.78 Å². The molecule has 1 heterocycles. The third-order valence-corrected chi connectivity index (χ3v) is 1.61. The van der Waals surface area contributed by atoms with Gasteiger partial charge in [0.2, 0.25) is 0 Å². The molecule has 1 aromatic heterocycles. The standard InChI is InChI=1S/C6H8N2O2S/c1-3-10-6(9)5-7-4(2)11-8-5/h3H2,1-2H3. The summed E-state index contributed by atoms with van der Waals surface area (Å²) in [6, 6.07) is 0. The highest BCUT2D eigenvalue weighted by atomic mass is 32.1. The second-order valence-electron chi connectivity index (χ2n) is 1.86. The van der Waals surface area contributed by atoms with Crippen molar-refractivity contribution in [3.63, 3.8) is 0 Å². The molecule has 5 heteroatoms. The van der Waals surface area contributed by atoms with Crippen LogP contribution < -0.4 is 0 Å². The summed E-state index contributed by atoms with van der Waals surface area (Å²) in [4.78, 5) is 14.8. The summed E-state index contributed by atoms with van der Waals surface area (Å²) < 4.78 is 8.47. The minimum atomic E-state index is -0.447. The van der Waals surface area contributed by atoms with E-state index in [0.717, 1.165) is 5.01 Å². The van der Waals surface area contributed by atoms with Crippen LogP contribution in [0.3, 0.4) is 0 Å². The summed E-state index contributed by atoms with van der Waals surface area (Å²) in [6.45, 7) is 3.90. The fourth-order valence-electron chi connectivity index (χ4n) is 0.578. The number of rotatable bonds is 2. The van der Waals surface area contributed by atoms with E-state index < -0.39 is 5.97 Å². The molecule has 0 aliphatic carbocycles. The van der Waals surface area contributed by atoms with E-state index in [1.807, 2.05) is 0 Å². The van der Waals surface area contributed by atoms with Gasteiger partial charge < -0.3 is 4.74 Å². The van der Waals surface area contributed by atoms with E-state index in [1.54, 1.807) is 13.8 Å². The van der Waals surface area contributed by atoms with Crippen molar-refractivity contribution in [1.29, 1.82) is 0 Å². The maximum atomic E-state index is 10.9. The van der Waals surface area contributed by atoms with E-state index in [9.17, 15) is 4.79 Å². The molecule has 0 amide bonds. The molecule has 0 unspecified atom stereocenters. The van der Waals surface area contributed by atoms with Gasteiger partial charge in [-0.3, -0.25) is 0 Å². The number of nitrogens with zero attached hydrogens (tertiary/aromatic N) is 2. The summed E-state index contributed by atoms with van der Waals surface area (Å²) in [7, 11) is 0. The third-order valence-electron chi connectivity index (χ3n) is 0.986. The van der Waals surface area contributed by atoms with Gasteiger partial charge in [0.1, 0.15) is 5.01 Å². The highest BCUT2D eigenvalue weighted by Crippen LogP contribution is 2.02. The predicted molar refractivity (Wildman–Crippen MR) is 40.6 cm³/mol. The van der Waals surface area contributed by atoms with Gasteiger partial charge in [0, 0.05) is 0 Å². The molecule has 0 fully saturated rings. The zero-order valence-electron chi connectivity index (χ0n) is 6.33. The summed E-state index contributed by atoms with van der Waals surface area (Å²) >= 11 is 1.20. The molecule has 0 bridgehead atoms. The second kappa shape index (κ2) is 3.43. The Kier molecular flexibility index (Phi) is 2.53. The van der Waals surface area contributed by atoms with Crippen LogP contribution >= 0.6 is 11.5 Å². The highest BCUT2D eigenvalue weighted by Gasteiger charge is 2.11. The Labute approximate surface area is 68.4 Å². The van der Waals surface area contributed by atoms with Gasteiger partial charge in [-0.15, -0.1) is 0 Å². The maximum absolute atomic E-state index is 10.9. The second-order valence-corrected chi connectivity index (χ2v) is 2.81. The normalized spacial score (nSPS) is 9.64. The molecule has 0 N–H and O–H groups in total. The third kappa shape index (κ3) is 1.98. The zero-order chi connectivity index (χ0) is 8.27. The van der Waals surface area contributed by atoms with Crippen LogP contribution in [0.2, 0.25) is 0 Å². The number of carbonyl (C=O) groups excluding carboxylic acids is 1. The molecule has 1 aromatic rings. The van der Waals surface area contributed by atoms with E-state index in [4.69, 9.17) is 0 Å². The number of aromatic nitrogens is 2. The van der Waals surface area contributed by atoms with Crippen LogP contribution in [0.1, 0.15) is 22.6 Å². The Balaban J connectivity index is 2.69. The maximum Gasteiger partial charge on any atom is 0.377 e. The predicted octanol–water partition coefficient (Wildman–Crippen LogP) is 1.02. The van der Waals surface area contributed by atoms with Crippen molar-refractivity contribution >= 4 is 17.5 Å². The smallest absolute Gasteiger partial charge is 0.377 e. The number of hydrogen-bond donors (Lipinski definition) is 0. The van der Waals surface area contributed by atoms with Gasteiger partial charge in [0.15, 0.2) is 0 Å². The van der Waals surface area contributed by atoms with E-state index in [-0.39, 0.29) is 5.82 Å². The van der Waals surface area contributed by atoms with Crippen LogP contribution in [0.4, 0.5) is 0 Å². The minimum absolute atomic E-state index is 0.161. The van der Waals surface area contributed by atoms with E-state index >= 15 is 0 Å². The molecule has 0 atom stereocenters. The minimum Gasteiger partial charge on any atom is -0.460 e. The van der Waals surface area contributed by atoms with Crippen molar-refractivity contribution in [2.45, 2.75) is 13.8 Å². The lowest BCUT2D eigenvalue weighted by molar-refractivity contribution is 0.0513. The first-order chi connectivity index (χ1) is 5.24. The zero-order valence-corrected chi connectivity index (χ0v) is 7.14. The van der Waals surface area contributed by atoms with Crippen LogP contribution in [0.15, 0.2) is 0 Å². The van der Waals surface area contributed by atoms with Gasteiger partial charge in [0.25, 0.3) is 5.82 Å². The Morgan fingerprint density at radius 2 is 2.45 bits per heavy atom. The highest BCUT2D eigenvalue weighted by molar-refractivity contribution is 7.05. The van der Waals surface area contributed by atoms with Crippen LogP contribution in [-0.4, -0.2) is 21.9 Å². The van der Waals surface area contributed by atoms with Crippen molar-refractivity contribution in [2.24, 2.45) is 0 Å². The van der Waals surface area contributed by atoms with E-state index in [0.29, 0.717) is 6.61 Å². The average Bonchev–Trinajstić information content (AvgIpc) is 2.36. The number of esters is 1. The molecule has 0 radical (unpaired) electrons. The molecule has 4 nitrogen and oxygen atoms in total. The molecule has 0 saturated heterocycles.